The Morgan fingerprint density at radius 3 is 2.80 bits per heavy atom. The molecule has 104 valence electrons. The lowest BCUT2D eigenvalue weighted by Crippen LogP contribution is -2.52. The minimum absolute atomic E-state index is 0.133. The monoisotopic (exact) mass is 268 g/mol. The maximum atomic E-state index is 4.82. The summed E-state index contributed by atoms with van der Waals surface area (Å²) in [5.74, 6) is 0. The van der Waals surface area contributed by atoms with Crippen molar-refractivity contribution in [3.05, 3.63) is 23.3 Å². The van der Waals surface area contributed by atoms with Crippen molar-refractivity contribution in [3.8, 4) is 0 Å². The largest absolute Gasteiger partial charge is 0.293 e. The number of fused-ring (bicyclic) bond motifs is 5. The minimum Gasteiger partial charge on any atom is -0.293 e. The van der Waals surface area contributed by atoms with Gasteiger partial charge in [-0.15, -0.1) is 5.10 Å². The van der Waals surface area contributed by atoms with Crippen LogP contribution in [0.1, 0.15) is 38.3 Å². The Hall–Kier alpha value is -1.71. The molecule has 0 spiro atoms. The molecule has 4 rings (SSSR count). The highest BCUT2D eigenvalue weighted by atomic mass is 15.4. The van der Waals surface area contributed by atoms with Gasteiger partial charge in [0.25, 0.3) is 0 Å². The molecule has 0 saturated carbocycles. The van der Waals surface area contributed by atoms with Crippen LogP contribution in [0.3, 0.4) is 0 Å². The molecule has 2 bridgehead atoms. The third kappa shape index (κ3) is 1.25. The van der Waals surface area contributed by atoms with Crippen molar-refractivity contribution in [2.75, 3.05) is 6.54 Å². The number of hydrogen-bond donors (Lipinski definition) is 0. The molecule has 4 heteroatoms. The first kappa shape index (κ1) is 12.1. The molecule has 1 aromatic heterocycles. The van der Waals surface area contributed by atoms with Gasteiger partial charge in [-0.25, -0.2) is 4.68 Å². The van der Waals surface area contributed by atoms with Gasteiger partial charge in [0.1, 0.15) is 5.52 Å². The topological polar surface area (TPSA) is 43.1 Å². The van der Waals surface area contributed by atoms with Crippen molar-refractivity contribution in [2.24, 2.45) is 17.5 Å². The van der Waals surface area contributed by atoms with Gasteiger partial charge in [0.2, 0.25) is 0 Å². The van der Waals surface area contributed by atoms with Crippen molar-refractivity contribution >= 4 is 16.7 Å². The van der Waals surface area contributed by atoms with Crippen molar-refractivity contribution in [2.45, 2.75) is 39.0 Å². The first-order valence-electron chi connectivity index (χ1n) is 7.30. The summed E-state index contributed by atoms with van der Waals surface area (Å²) in [6.45, 7) is 8.03. The van der Waals surface area contributed by atoms with Crippen LogP contribution in [0.4, 0.5) is 0 Å². The van der Waals surface area contributed by atoms with Gasteiger partial charge in [0.05, 0.1) is 5.52 Å². The Kier molecular flexibility index (Phi) is 2.10. The summed E-state index contributed by atoms with van der Waals surface area (Å²) in [4.78, 5) is 4.82. The lowest BCUT2D eigenvalue weighted by atomic mass is 9.53. The summed E-state index contributed by atoms with van der Waals surface area (Å²) in [7, 11) is 1.95. The number of aryl methyl sites for hydroxylation is 1. The SMILES string of the molecule is Cn1nnc2cc3c(cc21)CC1=NCC[C@]3(C)C1(C)C. The van der Waals surface area contributed by atoms with Crippen LogP contribution in [-0.2, 0) is 18.9 Å². The van der Waals surface area contributed by atoms with Crippen molar-refractivity contribution < 1.29 is 0 Å². The molecule has 0 N–H and O–H groups in total. The Bertz CT molecular complexity index is 753. The van der Waals surface area contributed by atoms with Crippen LogP contribution in [0.5, 0.6) is 0 Å². The first-order chi connectivity index (χ1) is 9.43. The van der Waals surface area contributed by atoms with Crippen LogP contribution < -0.4 is 0 Å². The number of aliphatic imine (C=N–C) groups is 1. The second kappa shape index (κ2) is 3.48. The molecule has 0 radical (unpaired) electrons. The van der Waals surface area contributed by atoms with E-state index in [-0.39, 0.29) is 10.8 Å². The molecule has 1 atom stereocenters. The van der Waals surface area contributed by atoms with E-state index in [0.717, 1.165) is 30.4 Å². The van der Waals surface area contributed by atoms with Gasteiger partial charge >= 0.3 is 0 Å². The Morgan fingerprint density at radius 2 is 2.00 bits per heavy atom. The number of nitrogens with zero attached hydrogens (tertiary/aromatic N) is 4. The molecule has 2 aliphatic rings. The third-order valence-electron chi connectivity index (χ3n) is 5.80. The van der Waals surface area contributed by atoms with E-state index >= 15 is 0 Å². The summed E-state index contributed by atoms with van der Waals surface area (Å²) >= 11 is 0. The summed E-state index contributed by atoms with van der Waals surface area (Å²) < 4.78 is 1.86. The average Bonchev–Trinajstić information content (AvgIpc) is 2.74. The normalized spacial score (nSPS) is 27.3. The van der Waals surface area contributed by atoms with E-state index in [1.54, 1.807) is 0 Å². The van der Waals surface area contributed by atoms with Crippen LogP contribution in [-0.4, -0.2) is 27.3 Å². The molecule has 0 amide bonds. The fraction of sp³-hybridized carbons (Fsp3) is 0.562. The lowest BCUT2D eigenvalue weighted by Gasteiger charge is -2.52. The third-order valence-corrected chi connectivity index (χ3v) is 5.80. The summed E-state index contributed by atoms with van der Waals surface area (Å²) in [6, 6.07) is 4.53. The van der Waals surface area contributed by atoms with E-state index in [4.69, 9.17) is 4.99 Å². The van der Waals surface area contributed by atoms with Crippen LogP contribution in [0, 0.1) is 5.41 Å². The van der Waals surface area contributed by atoms with Crippen molar-refractivity contribution in [1.82, 2.24) is 15.0 Å². The molecule has 4 nitrogen and oxygen atoms in total. The fourth-order valence-corrected chi connectivity index (χ4v) is 3.95. The van der Waals surface area contributed by atoms with Crippen LogP contribution >= 0.6 is 0 Å². The zero-order valence-electron chi connectivity index (χ0n) is 12.6. The van der Waals surface area contributed by atoms with Gasteiger partial charge in [-0.1, -0.05) is 26.0 Å². The standard InChI is InChI=1S/C16H20N4/c1-15(2)14-8-10-7-13-12(18-19-20(13)4)9-11(10)16(15,3)5-6-17-14/h7,9H,5-6,8H2,1-4H3/t16-/m0/s1. The first-order valence-corrected chi connectivity index (χ1v) is 7.30. The molecule has 1 aliphatic carbocycles. The zero-order valence-corrected chi connectivity index (χ0v) is 12.6. The number of benzene rings is 1. The second-order valence-electron chi connectivity index (χ2n) is 6.92. The molecule has 2 heterocycles. The van der Waals surface area contributed by atoms with Gasteiger partial charge in [-0.3, -0.25) is 4.99 Å². The van der Waals surface area contributed by atoms with E-state index in [9.17, 15) is 0 Å². The highest BCUT2D eigenvalue weighted by molar-refractivity contribution is 5.97. The molecule has 20 heavy (non-hydrogen) atoms. The van der Waals surface area contributed by atoms with Crippen LogP contribution in [0.2, 0.25) is 0 Å². The van der Waals surface area contributed by atoms with E-state index in [1.165, 1.54) is 16.8 Å². The van der Waals surface area contributed by atoms with Crippen LogP contribution in [0.15, 0.2) is 17.1 Å². The Morgan fingerprint density at radius 1 is 1.20 bits per heavy atom. The van der Waals surface area contributed by atoms with E-state index in [0.29, 0.717) is 0 Å². The maximum Gasteiger partial charge on any atom is 0.113 e. The lowest BCUT2D eigenvalue weighted by molar-refractivity contribution is 0.227. The Balaban J connectivity index is 2.06. The van der Waals surface area contributed by atoms with E-state index < -0.39 is 0 Å². The molecule has 1 aliphatic heterocycles. The molecule has 0 unspecified atom stereocenters. The molecule has 0 fully saturated rings. The second-order valence-corrected chi connectivity index (χ2v) is 6.92. The number of aromatic nitrogens is 3. The quantitative estimate of drug-likeness (QED) is 0.737. The number of hydrogen-bond acceptors (Lipinski definition) is 3. The predicted octanol–water partition coefficient (Wildman–Crippen LogP) is 2.65. The van der Waals surface area contributed by atoms with Gasteiger partial charge < -0.3 is 0 Å². The van der Waals surface area contributed by atoms with Gasteiger partial charge in [-0.05, 0) is 29.7 Å². The van der Waals surface area contributed by atoms with E-state index in [1.807, 2.05) is 11.7 Å². The number of rotatable bonds is 0. The highest BCUT2D eigenvalue weighted by Gasteiger charge is 2.51. The Labute approximate surface area is 118 Å². The van der Waals surface area contributed by atoms with Crippen molar-refractivity contribution in [3.63, 3.8) is 0 Å². The average molecular weight is 268 g/mol. The minimum atomic E-state index is 0.133. The van der Waals surface area contributed by atoms with E-state index in [2.05, 4.69) is 43.2 Å². The summed E-state index contributed by atoms with van der Waals surface area (Å²) in [5.41, 5.74) is 6.63. The maximum absolute atomic E-state index is 4.82. The zero-order chi connectivity index (χ0) is 14.1. The molecule has 1 aromatic carbocycles. The van der Waals surface area contributed by atoms with Gasteiger partial charge in [0.15, 0.2) is 0 Å². The highest BCUT2D eigenvalue weighted by Crippen LogP contribution is 2.52. The van der Waals surface area contributed by atoms with Crippen LogP contribution in [0.25, 0.3) is 11.0 Å². The molecule has 2 aromatic rings. The summed E-state index contributed by atoms with van der Waals surface area (Å²) in [6.07, 6.45) is 2.08. The fourth-order valence-electron chi connectivity index (χ4n) is 3.95. The molecule has 0 saturated heterocycles. The van der Waals surface area contributed by atoms with Gasteiger partial charge in [-0.2, -0.15) is 0 Å². The predicted molar refractivity (Wildman–Crippen MR) is 80.3 cm³/mol. The molecular weight excluding hydrogens is 248 g/mol. The van der Waals surface area contributed by atoms with Crippen molar-refractivity contribution in [1.29, 1.82) is 0 Å². The smallest absolute Gasteiger partial charge is 0.113 e. The molecular formula is C16H20N4. The summed E-state index contributed by atoms with van der Waals surface area (Å²) in [5, 5.41) is 8.44. The van der Waals surface area contributed by atoms with Gasteiger partial charge in [0, 0.05) is 36.6 Å².